The molecule has 0 rings (SSSR count). The third kappa shape index (κ3) is 6.77. The summed E-state index contributed by atoms with van der Waals surface area (Å²) in [6.07, 6.45) is 2.71. The van der Waals surface area contributed by atoms with Crippen LogP contribution >= 0.6 is 9.24 Å². The zero-order valence-corrected chi connectivity index (χ0v) is 9.30. The minimum absolute atomic E-state index is 0.226. The zero-order chi connectivity index (χ0) is 9.12. The average molecular weight is 176 g/mol. The van der Waals surface area contributed by atoms with Gasteiger partial charge in [0.25, 0.3) is 0 Å². The third-order valence-corrected chi connectivity index (χ3v) is 1.88. The second-order valence-electron chi connectivity index (χ2n) is 4.77. The Balaban J connectivity index is 3.91. The summed E-state index contributed by atoms with van der Waals surface area (Å²) in [6, 6.07) is 0. The third-order valence-electron chi connectivity index (χ3n) is 1.59. The summed E-state index contributed by atoms with van der Waals surface area (Å²) in [4.78, 5) is 0. The average Bonchev–Trinajstić information content (AvgIpc) is 1.55. The van der Waals surface area contributed by atoms with Crippen molar-refractivity contribution in [3.63, 3.8) is 0 Å². The Hall–Kier alpha value is 0.390. The van der Waals surface area contributed by atoms with Gasteiger partial charge in [0.05, 0.1) is 5.60 Å². The lowest BCUT2D eigenvalue weighted by Crippen LogP contribution is -2.30. The minimum Gasteiger partial charge on any atom is -0.390 e. The van der Waals surface area contributed by atoms with E-state index in [1.807, 2.05) is 6.92 Å². The summed E-state index contributed by atoms with van der Waals surface area (Å²) in [5, 5.41) is 9.84. The quantitative estimate of drug-likeness (QED) is 0.655. The fraction of sp³-hybridized carbons (Fsp3) is 1.00. The van der Waals surface area contributed by atoms with Crippen molar-refractivity contribution in [2.45, 2.75) is 46.1 Å². The van der Waals surface area contributed by atoms with Crippen molar-refractivity contribution < 1.29 is 5.11 Å². The second-order valence-corrected chi connectivity index (χ2v) is 5.35. The predicted molar refractivity (Wildman–Crippen MR) is 53.9 cm³/mol. The molecule has 2 heteroatoms. The van der Waals surface area contributed by atoms with Gasteiger partial charge in [0.1, 0.15) is 0 Å². The molecule has 0 heterocycles. The summed E-state index contributed by atoms with van der Waals surface area (Å²) in [7, 11) is 2.65. The van der Waals surface area contributed by atoms with E-state index in [-0.39, 0.29) is 5.41 Å². The van der Waals surface area contributed by atoms with Crippen LogP contribution in [0.1, 0.15) is 40.5 Å². The fourth-order valence-corrected chi connectivity index (χ4v) is 2.16. The van der Waals surface area contributed by atoms with Crippen LogP contribution in [0.5, 0.6) is 0 Å². The maximum absolute atomic E-state index is 9.84. The molecule has 0 amide bonds. The first-order valence-corrected chi connectivity index (χ1v) is 5.01. The van der Waals surface area contributed by atoms with Crippen LogP contribution < -0.4 is 0 Å². The van der Waals surface area contributed by atoms with Gasteiger partial charge >= 0.3 is 0 Å². The molecule has 0 saturated heterocycles. The van der Waals surface area contributed by atoms with Gasteiger partial charge < -0.3 is 5.11 Å². The number of hydrogen-bond acceptors (Lipinski definition) is 1. The summed E-state index contributed by atoms with van der Waals surface area (Å²) in [5.41, 5.74) is -0.261. The number of aliphatic hydroxyl groups is 1. The zero-order valence-electron chi connectivity index (χ0n) is 8.15. The molecule has 0 saturated carbocycles. The molecule has 0 fully saturated rings. The monoisotopic (exact) mass is 176 g/mol. The van der Waals surface area contributed by atoms with Crippen molar-refractivity contribution in [3.8, 4) is 0 Å². The first-order valence-electron chi connectivity index (χ1n) is 4.19. The topological polar surface area (TPSA) is 20.2 Å². The normalized spacial score (nSPS) is 18.0. The highest BCUT2D eigenvalue weighted by Gasteiger charge is 2.26. The first-order chi connectivity index (χ1) is 4.77. The molecule has 2 atom stereocenters. The second kappa shape index (κ2) is 3.87. The highest BCUT2D eigenvalue weighted by molar-refractivity contribution is 7.16. The highest BCUT2D eigenvalue weighted by Crippen LogP contribution is 2.29. The number of hydrogen-bond donors (Lipinski definition) is 1. The van der Waals surface area contributed by atoms with Crippen molar-refractivity contribution in [2.75, 3.05) is 6.16 Å². The van der Waals surface area contributed by atoms with E-state index in [1.54, 1.807) is 0 Å². The molecule has 0 spiro atoms. The Bertz CT molecular complexity index is 113. The van der Waals surface area contributed by atoms with E-state index in [2.05, 4.69) is 30.0 Å². The van der Waals surface area contributed by atoms with Crippen molar-refractivity contribution in [2.24, 2.45) is 5.41 Å². The summed E-state index contributed by atoms with van der Waals surface area (Å²) >= 11 is 0. The lowest BCUT2D eigenvalue weighted by Gasteiger charge is -2.30. The van der Waals surface area contributed by atoms with Gasteiger partial charge in [-0.2, -0.15) is 0 Å². The van der Waals surface area contributed by atoms with Crippen LogP contribution in [0.15, 0.2) is 0 Å². The Morgan fingerprint density at radius 3 is 1.91 bits per heavy atom. The largest absolute Gasteiger partial charge is 0.390 e. The highest BCUT2D eigenvalue weighted by atomic mass is 31.0. The molecule has 11 heavy (non-hydrogen) atoms. The van der Waals surface area contributed by atoms with Crippen molar-refractivity contribution in [1.82, 2.24) is 0 Å². The van der Waals surface area contributed by atoms with E-state index in [9.17, 15) is 5.11 Å². The van der Waals surface area contributed by atoms with E-state index >= 15 is 0 Å². The van der Waals surface area contributed by atoms with Gasteiger partial charge in [0.2, 0.25) is 0 Å². The Labute approximate surface area is 72.8 Å². The van der Waals surface area contributed by atoms with Crippen LogP contribution in [-0.2, 0) is 0 Å². The van der Waals surface area contributed by atoms with Gasteiger partial charge in [-0.05, 0) is 31.3 Å². The molecule has 2 unspecified atom stereocenters. The number of rotatable bonds is 3. The Kier molecular flexibility index (Phi) is 4.00. The van der Waals surface area contributed by atoms with Crippen LogP contribution in [0.3, 0.4) is 0 Å². The Morgan fingerprint density at radius 1 is 1.18 bits per heavy atom. The lowest BCUT2D eigenvalue weighted by molar-refractivity contribution is 0.0168. The molecule has 0 aromatic carbocycles. The van der Waals surface area contributed by atoms with E-state index in [1.165, 1.54) is 0 Å². The molecule has 0 bridgehead atoms. The maximum Gasteiger partial charge on any atom is 0.0628 e. The standard InChI is InChI=1S/C9H21OP/c1-8(2,3)7-9(4,10)5-6-11/h10H,5-7,11H2,1-4H3. The van der Waals surface area contributed by atoms with E-state index < -0.39 is 5.60 Å². The SMILES string of the molecule is CC(C)(C)CC(C)(O)CCP. The molecular formula is C9H21OP. The van der Waals surface area contributed by atoms with Crippen LogP contribution in [0, 0.1) is 5.41 Å². The van der Waals surface area contributed by atoms with E-state index in [0.29, 0.717) is 0 Å². The summed E-state index contributed by atoms with van der Waals surface area (Å²) < 4.78 is 0. The molecule has 1 N–H and O–H groups in total. The van der Waals surface area contributed by atoms with Gasteiger partial charge in [0, 0.05) is 0 Å². The van der Waals surface area contributed by atoms with Gasteiger partial charge in [-0.15, -0.1) is 9.24 Å². The summed E-state index contributed by atoms with van der Waals surface area (Å²) in [5.74, 6) is 0. The van der Waals surface area contributed by atoms with Crippen molar-refractivity contribution in [3.05, 3.63) is 0 Å². The van der Waals surface area contributed by atoms with Gasteiger partial charge in [-0.1, -0.05) is 20.8 Å². The van der Waals surface area contributed by atoms with E-state index in [4.69, 9.17) is 0 Å². The van der Waals surface area contributed by atoms with E-state index in [0.717, 1.165) is 19.0 Å². The van der Waals surface area contributed by atoms with Crippen molar-refractivity contribution >= 4 is 9.24 Å². The Morgan fingerprint density at radius 2 is 1.64 bits per heavy atom. The molecule has 0 aromatic rings. The van der Waals surface area contributed by atoms with Crippen LogP contribution in [0.2, 0.25) is 0 Å². The predicted octanol–water partition coefficient (Wildman–Crippen LogP) is 2.44. The van der Waals surface area contributed by atoms with Crippen LogP contribution in [0.25, 0.3) is 0 Å². The minimum atomic E-state index is -0.486. The van der Waals surface area contributed by atoms with Gasteiger partial charge in [-0.3, -0.25) is 0 Å². The fourth-order valence-electron chi connectivity index (χ4n) is 1.54. The molecule has 0 aliphatic carbocycles. The first kappa shape index (κ1) is 11.4. The van der Waals surface area contributed by atoms with Crippen molar-refractivity contribution in [1.29, 1.82) is 0 Å². The molecular weight excluding hydrogens is 155 g/mol. The van der Waals surface area contributed by atoms with Crippen LogP contribution in [-0.4, -0.2) is 16.9 Å². The lowest BCUT2D eigenvalue weighted by atomic mass is 9.82. The molecule has 1 nitrogen and oxygen atoms in total. The maximum atomic E-state index is 9.84. The summed E-state index contributed by atoms with van der Waals surface area (Å²) in [6.45, 7) is 8.39. The van der Waals surface area contributed by atoms with Gasteiger partial charge in [0.15, 0.2) is 0 Å². The molecule has 0 radical (unpaired) electrons. The smallest absolute Gasteiger partial charge is 0.0628 e. The molecule has 0 aliphatic heterocycles. The van der Waals surface area contributed by atoms with Crippen LogP contribution in [0.4, 0.5) is 0 Å². The molecule has 0 aliphatic rings. The molecule has 68 valence electrons. The van der Waals surface area contributed by atoms with Gasteiger partial charge in [-0.25, -0.2) is 0 Å². The molecule has 0 aromatic heterocycles.